The molecule has 2 aliphatic heterocycles. The summed E-state index contributed by atoms with van der Waals surface area (Å²) in [5.41, 5.74) is 5.84. The van der Waals surface area contributed by atoms with Crippen LogP contribution in [0.5, 0.6) is 0 Å². The Bertz CT molecular complexity index is 1570. The minimum atomic E-state index is -4.37. The van der Waals surface area contributed by atoms with Crippen LogP contribution >= 0.6 is 0 Å². The smallest absolute Gasteiger partial charge is 0.286 e. The Balaban J connectivity index is 1.50. The molecule has 0 saturated heterocycles. The van der Waals surface area contributed by atoms with Crippen molar-refractivity contribution in [1.82, 2.24) is 4.90 Å². The molecule has 202 valence electrons. The van der Waals surface area contributed by atoms with Crippen LogP contribution in [0.15, 0.2) is 63.1 Å². The number of aliphatic hydroxyl groups excluding tert-OH is 1. The second-order valence-electron chi connectivity index (χ2n) is 9.39. The zero-order valence-corrected chi connectivity index (χ0v) is 21.7. The molecule has 0 aromatic heterocycles. The quantitative estimate of drug-likeness (QED) is 0.396. The van der Waals surface area contributed by atoms with E-state index in [4.69, 9.17) is 5.73 Å². The highest BCUT2D eigenvalue weighted by atomic mass is 32.2. The van der Waals surface area contributed by atoms with Gasteiger partial charge in [-0.3, -0.25) is 9.52 Å². The van der Waals surface area contributed by atoms with Crippen molar-refractivity contribution in [3.8, 4) is 0 Å². The highest BCUT2D eigenvalue weighted by Crippen LogP contribution is 2.42. The fourth-order valence-corrected chi connectivity index (χ4v) is 7.18. The van der Waals surface area contributed by atoms with Gasteiger partial charge in [-0.25, -0.2) is 12.8 Å². The molecule has 1 fully saturated rings. The van der Waals surface area contributed by atoms with Crippen LogP contribution in [0.3, 0.4) is 0 Å². The average molecular weight is 564 g/mol. The lowest BCUT2D eigenvalue weighted by Gasteiger charge is -2.39. The van der Waals surface area contributed by atoms with Crippen LogP contribution in [0.4, 0.5) is 15.8 Å². The van der Waals surface area contributed by atoms with Crippen LogP contribution in [0.25, 0.3) is 0 Å². The van der Waals surface area contributed by atoms with E-state index in [1.807, 2.05) is 0 Å². The number of rotatable bonds is 7. The molecule has 1 amide bonds. The van der Waals surface area contributed by atoms with E-state index < -0.39 is 37.7 Å². The summed E-state index contributed by atoms with van der Waals surface area (Å²) in [7, 11) is -8.14. The summed E-state index contributed by atoms with van der Waals surface area (Å²) < 4.78 is 69.8. The maximum absolute atomic E-state index is 13.7. The number of benzene rings is 2. The molecule has 2 aromatic rings. The first-order valence-electron chi connectivity index (χ1n) is 11.9. The van der Waals surface area contributed by atoms with Crippen LogP contribution in [0.2, 0.25) is 0 Å². The van der Waals surface area contributed by atoms with Gasteiger partial charge in [0.2, 0.25) is 10.0 Å². The van der Waals surface area contributed by atoms with E-state index in [1.165, 1.54) is 24.3 Å². The number of carbonyl (C=O) groups excluding carboxylic acids is 1. The summed E-state index contributed by atoms with van der Waals surface area (Å²) in [5.74, 6) is -2.27. The van der Waals surface area contributed by atoms with E-state index in [0.29, 0.717) is 18.4 Å². The molecule has 38 heavy (non-hydrogen) atoms. The zero-order valence-electron chi connectivity index (χ0n) is 20.1. The number of nitrogens with zero attached hydrogens (tertiary/aromatic N) is 2. The van der Waals surface area contributed by atoms with Crippen molar-refractivity contribution in [3.05, 3.63) is 65.2 Å². The summed E-state index contributed by atoms with van der Waals surface area (Å²) in [6.45, 7) is 0.0421. The molecule has 0 bridgehead atoms. The van der Waals surface area contributed by atoms with Gasteiger partial charge in [-0.15, -0.1) is 4.40 Å². The lowest BCUT2D eigenvalue weighted by molar-refractivity contribution is -0.132. The molecule has 1 saturated carbocycles. The Labute approximate surface area is 219 Å². The van der Waals surface area contributed by atoms with Gasteiger partial charge in [0.1, 0.15) is 22.0 Å². The maximum atomic E-state index is 13.7. The lowest BCUT2D eigenvalue weighted by Crippen LogP contribution is -2.49. The summed E-state index contributed by atoms with van der Waals surface area (Å²) >= 11 is 0. The van der Waals surface area contributed by atoms with Crippen molar-refractivity contribution in [2.24, 2.45) is 16.0 Å². The van der Waals surface area contributed by atoms with Crippen LogP contribution in [0.1, 0.15) is 24.8 Å². The monoisotopic (exact) mass is 563 g/mol. The third-order valence-corrected chi connectivity index (χ3v) is 9.49. The van der Waals surface area contributed by atoms with Crippen LogP contribution in [-0.2, 0) is 31.4 Å². The van der Waals surface area contributed by atoms with Gasteiger partial charge < -0.3 is 21.1 Å². The van der Waals surface area contributed by atoms with Crippen molar-refractivity contribution in [1.29, 1.82) is 0 Å². The number of anilines is 2. The lowest BCUT2D eigenvalue weighted by atomic mass is 9.89. The molecule has 11 nitrogen and oxygen atoms in total. The first kappa shape index (κ1) is 26.1. The molecule has 5 rings (SSSR count). The summed E-state index contributed by atoms with van der Waals surface area (Å²) in [5, 5.41) is 13.9. The van der Waals surface area contributed by atoms with Crippen molar-refractivity contribution in [2.75, 3.05) is 22.3 Å². The Kier molecular flexibility index (Phi) is 6.65. The van der Waals surface area contributed by atoms with E-state index in [9.17, 15) is 31.1 Å². The number of amides is 1. The van der Waals surface area contributed by atoms with Crippen LogP contribution in [0, 0.1) is 11.7 Å². The Morgan fingerprint density at radius 3 is 2.63 bits per heavy atom. The van der Waals surface area contributed by atoms with Gasteiger partial charge in [0, 0.05) is 30.7 Å². The largest absolute Gasteiger partial charge is 0.511 e. The SMILES string of the molecule is NCCS(=O)(=O)Nc1ccc2c(c1)S(=O)(=O)N=C(C1=C(O)C3CCCC3N(Cc3ccc(F)cc3)C1=O)N2. The molecule has 1 aliphatic carbocycles. The number of carbonyl (C=O) groups is 1. The predicted molar refractivity (Wildman–Crippen MR) is 139 cm³/mol. The van der Waals surface area contributed by atoms with Gasteiger partial charge in [-0.05, 0) is 48.7 Å². The van der Waals surface area contributed by atoms with Gasteiger partial charge in [0.15, 0.2) is 5.84 Å². The fraction of sp³-hybridized carbons (Fsp3) is 0.333. The third-order valence-electron chi connectivity index (χ3n) is 6.85. The first-order valence-corrected chi connectivity index (χ1v) is 15.0. The predicted octanol–water partition coefficient (Wildman–Crippen LogP) is 2.06. The molecular formula is C24H26FN5O6S2. The highest BCUT2D eigenvalue weighted by Gasteiger charge is 2.46. The normalized spacial score (nSPS) is 22.4. The van der Waals surface area contributed by atoms with Crippen molar-refractivity contribution < 1.29 is 31.1 Å². The van der Waals surface area contributed by atoms with Gasteiger partial charge in [0.25, 0.3) is 15.9 Å². The van der Waals surface area contributed by atoms with Crippen molar-refractivity contribution in [3.63, 3.8) is 0 Å². The minimum Gasteiger partial charge on any atom is -0.511 e. The van der Waals surface area contributed by atoms with E-state index in [-0.39, 0.29) is 58.3 Å². The topological polar surface area (TPSA) is 171 Å². The number of hydrogen-bond acceptors (Lipinski definition) is 8. The molecule has 5 N–H and O–H groups in total. The van der Waals surface area contributed by atoms with Crippen LogP contribution in [-0.4, -0.2) is 56.9 Å². The summed E-state index contributed by atoms with van der Waals surface area (Å²) in [6, 6.07) is 9.28. The Morgan fingerprint density at radius 1 is 1.18 bits per heavy atom. The molecule has 14 heteroatoms. The number of aliphatic hydroxyl groups is 1. The molecular weight excluding hydrogens is 537 g/mol. The van der Waals surface area contributed by atoms with Gasteiger partial charge in [0.05, 0.1) is 11.4 Å². The standard InChI is InChI=1S/C24H26FN5O6S2/c25-15-6-4-14(5-7-15)13-30-19-3-1-2-17(19)22(31)21(24(30)32)23-27-18-9-8-16(28-37(33,34)11-10-26)12-20(18)38(35,36)29-23/h4-9,12,17,19,28,31H,1-3,10-11,13,26H2,(H,27,29). The minimum absolute atomic E-state index is 0.0105. The maximum Gasteiger partial charge on any atom is 0.286 e. The number of halogens is 1. The summed E-state index contributed by atoms with van der Waals surface area (Å²) in [6.07, 6.45) is 2.04. The molecule has 2 aromatic carbocycles. The number of fused-ring (bicyclic) bond motifs is 2. The van der Waals surface area contributed by atoms with E-state index in [2.05, 4.69) is 14.4 Å². The number of nitrogens with one attached hydrogen (secondary N) is 2. The number of hydrogen-bond donors (Lipinski definition) is 4. The van der Waals surface area contributed by atoms with Crippen molar-refractivity contribution >= 4 is 43.2 Å². The fourth-order valence-electron chi connectivity index (χ4n) is 5.14. The van der Waals surface area contributed by atoms with Gasteiger partial charge >= 0.3 is 0 Å². The third kappa shape index (κ3) is 4.86. The molecule has 2 unspecified atom stereocenters. The molecule has 3 aliphatic rings. The second-order valence-corrected chi connectivity index (χ2v) is 12.8. The van der Waals surface area contributed by atoms with Crippen molar-refractivity contribution in [2.45, 2.75) is 36.7 Å². The van der Waals surface area contributed by atoms with E-state index in [1.54, 1.807) is 17.0 Å². The first-order chi connectivity index (χ1) is 18.0. The number of amidine groups is 1. The number of nitrogens with two attached hydrogens (primary N) is 1. The molecule has 2 atom stereocenters. The Hall–Kier alpha value is -3.49. The van der Waals surface area contributed by atoms with E-state index in [0.717, 1.165) is 12.5 Å². The molecule has 2 heterocycles. The average Bonchev–Trinajstić information content (AvgIpc) is 3.33. The van der Waals surface area contributed by atoms with Crippen LogP contribution < -0.4 is 15.8 Å². The Morgan fingerprint density at radius 2 is 1.92 bits per heavy atom. The molecule has 0 spiro atoms. The number of sulfonamides is 2. The molecule has 0 radical (unpaired) electrons. The zero-order chi connectivity index (χ0) is 27.2. The highest BCUT2D eigenvalue weighted by molar-refractivity contribution is 7.92. The van der Waals surface area contributed by atoms with Gasteiger partial charge in [-0.1, -0.05) is 18.6 Å². The second kappa shape index (κ2) is 9.67. The van der Waals surface area contributed by atoms with Gasteiger partial charge in [-0.2, -0.15) is 8.42 Å². The summed E-state index contributed by atoms with van der Waals surface area (Å²) in [4.78, 5) is 15.0. The van der Waals surface area contributed by atoms with E-state index >= 15 is 0 Å².